The average molecular weight is 621 g/mol. The molecule has 0 fully saturated rings. The number of sulfonamides is 1. The molecule has 0 radical (unpaired) electrons. The lowest BCUT2D eigenvalue weighted by molar-refractivity contribution is -0.140. The van der Waals surface area contributed by atoms with Crippen LogP contribution in [0, 0.1) is 0 Å². The van der Waals surface area contributed by atoms with Crippen molar-refractivity contribution in [2.45, 2.75) is 38.8 Å². The number of nitrogens with one attached hydrogen (secondary N) is 1. The fourth-order valence-electron chi connectivity index (χ4n) is 4.26. The number of benzene rings is 3. The van der Waals surface area contributed by atoms with Crippen molar-refractivity contribution in [2.75, 3.05) is 30.8 Å². The van der Waals surface area contributed by atoms with Crippen molar-refractivity contribution in [3.05, 3.63) is 94.0 Å². The lowest BCUT2D eigenvalue weighted by Crippen LogP contribution is -2.53. The zero-order chi connectivity index (χ0) is 30.0. The minimum Gasteiger partial charge on any atom is -0.497 e. The third kappa shape index (κ3) is 9.38. The first-order chi connectivity index (χ1) is 19.5. The number of hydrogen-bond donors (Lipinski definition) is 1. The van der Waals surface area contributed by atoms with Crippen LogP contribution in [0.2, 0.25) is 10.0 Å². The van der Waals surface area contributed by atoms with Gasteiger partial charge in [-0.1, -0.05) is 72.9 Å². The molecule has 0 spiro atoms. The molecule has 0 aromatic heterocycles. The molecule has 8 nitrogen and oxygen atoms in total. The lowest BCUT2D eigenvalue weighted by Gasteiger charge is -2.33. The Morgan fingerprint density at radius 3 is 2.22 bits per heavy atom. The summed E-state index contributed by atoms with van der Waals surface area (Å²) in [7, 11) is -2.36. The maximum Gasteiger partial charge on any atom is 0.244 e. The van der Waals surface area contributed by atoms with Gasteiger partial charge in [-0.05, 0) is 53.9 Å². The fourth-order valence-corrected chi connectivity index (χ4v) is 5.43. The van der Waals surface area contributed by atoms with Gasteiger partial charge in [0.15, 0.2) is 0 Å². The Morgan fingerprint density at radius 2 is 1.63 bits per heavy atom. The highest BCUT2D eigenvalue weighted by Crippen LogP contribution is 2.26. The molecular weight excluding hydrogens is 585 g/mol. The number of carbonyl (C=O) groups excluding carboxylic acids is 2. The van der Waals surface area contributed by atoms with Gasteiger partial charge in [-0.3, -0.25) is 13.9 Å². The fraction of sp³-hybridized carbons (Fsp3) is 0.333. The van der Waals surface area contributed by atoms with Crippen LogP contribution in [-0.2, 0) is 32.6 Å². The summed E-state index contributed by atoms with van der Waals surface area (Å²) in [6.07, 6.45) is 2.94. The van der Waals surface area contributed by atoms with Crippen LogP contribution in [0.25, 0.3) is 0 Å². The highest BCUT2D eigenvalue weighted by Gasteiger charge is 2.33. The van der Waals surface area contributed by atoms with Crippen LogP contribution < -0.4 is 14.4 Å². The van der Waals surface area contributed by atoms with Crippen LogP contribution in [0.15, 0.2) is 72.8 Å². The molecule has 0 aliphatic heterocycles. The standard InChI is InChI=1S/C30H35Cl2N3O5S/c1-4-5-17-33-30(37)28(19-22-9-7-6-8-10-22)34(20-23-11-16-26(31)27(32)18-23)29(36)21-35(41(3,38)39)24-12-14-25(40-2)15-13-24/h6-16,18,28H,4-5,17,19-21H2,1-3H3,(H,33,37)/t28-/m1/s1. The Hall–Kier alpha value is -3.27. The lowest BCUT2D eigenvalue weighted by atomic mass is 10.0. The van der Waals surface area contributed by atoms with Crippen molar-refractivity contribution >= 4 is 50.7 Å². The number of amides is 2. The molecule has 0 saturated carbocycles. The minimum absolute atomic E-state index is 0.00857. The van der Waals surface area contributed by atoms with E-state index in [4.69, 9.17) is 27.9 Å². The van der Waals surface area contributed by atoms with Gasteiger partial charge < -0.3 is 15.0 Å². The van der Waals surface area contributed by atoms with Crippen molar-refractivity contribution in [1.82, 2.24) is 10.2 Å². The maximum atomic E-state index is 14.1. The van der Waals surface area contributed by atoms with Gasteiger partial charge in [0.05, 0.1) is 29.1 Å². The molecule has 0 heterocycles. The molecule has 3 aromatic carbocycles. The van der Waals surface area contributed by atoms with Crippen LogP contribution in [0.5, 0.6) is 5.75 Å². The van der Waals surface area contributed by atoms with E-state index in [1.165, 1.54) is 12.0 Å². The molecule has 41 heavy (non-hydrogen) atoms. The van der Waals surface area contributed by atoms with Gasteiger partial charge in [0.1, 0.15) is 18.3 Å². The van der Waals surface area contributed by atoms with Gasteiger partial charge in [-0.25, -0.2) is 8.42 Å². The van der Waals surface area contributed by atoms with Crippen molar-refractivity contribution in [3.63, 3.8) is 0 Å². The van der Waals surface area contributed by atoms with Gasteiger partial charge in [-0.15, -0.1) is 0 Å². The van der Waals surface area contributed by atoms with E-state index in [1.807, 2.05) is 37.3 Å². The number of halogens is 2. The Morgan fingerprint density at radius 1 is 0.951 bits per heavy atom. The topological polar surface area (TPSA) is 96.0 Å². The first-order valence-corrected chi connectivity index (χ1v) is 15.8. The van der Waals surface area contributed by atoms with Gasteiger partial charge in [0.25, 0.3) is 0 Å². The van der Waals surface area contributed by atoms with Crippen LogP contribution >= 0.6 is 23.2 Å². The normalized spacial score (nSPS) is 11.9. The Bertz CT molecular complexity index is 1420. The van der Waals surface area contributed by atoms with E-state index in [1.54, 1.807) is 42.5 Å². The zero-order valence-electron chi connectivity index (χ0n) is 23.3. The summed E-state index contributed by atoms with van der Waals surface area (Å²) in [6, 6.07) is 19.8. The maximum absolute atomic E-state index is 14.1. The molecule has 2 amide bonds. The largest absolute Gasteiger partial charge is 0.497 e. The van der Waals surface area contributed by atoms with Gasteiger partial charge >= 0.3 is 0 Å². The monoisotopic (exact) mass is 619 g/mol. The number of anilines is 1. The SMILES string of the molecule is CCCCNC(=O)[C@@H](Cc1ccccc1)N(Cc1ccc(Cl)c(Cl)c1)C(=O)CN(c1ccc(OC)cc1)S(C)(=O)=O. The number of rotatable bonds is 14. The summed E-state index contributed by atoms with van der Waals surface area (Å²) in [4.78, 5) is 29.1. The van der Waals surface area contributed by atoms with Crippen LogP contribution in [0.3, 0.4) is 0 Å². The predicted octanol–water partition coefficient (Wildman–Crippen LogP) is 5.32. The number of ether oxygens (including phenoxy) is 1. The number of methoxy groups -OCH3 is 1. The predicted molar refractivity (Wildman–Crippen MR) is 164 cm³/mol. The van der Waals surface area contributed by atoms with E-state index >= 15 is 0 Å². The minimum atomic E-state index is -3.87. The van der Waals surface area contributed by atoms with E-state index in [2.05, 4.69) is 5.32 Å². The summed E-state index contributed by atoms with van der Waals surface area (Å²) >= 11 is 12.4. The van der Waals surface area contributed by atoms with Crippen molar-refractivity contribution < 1.29 is 22.7 Å². The zero-order valence-corrected chi connectivity index (χ0v) is 25.7. The summed E-state index contributed by atoms with van der Waals surface area (Å²) in [6.45, 7) is 1.97. The van der Waals surface area contributed by atoms with Crippen molar-refractivity contribution in [1.29, 1.82) is 0 Å². The molecule has 3 aromatic rings. The molecule has 0 aliphatic rings. The summed E-state index contributed by atoms with van der Waals surface area (Å²) in [5.74, 6) is -0.337. The number of unbranched alkanes of at least 4 members (excludes halogenated alkanes) is 1. The molecule has 1 N–H and O–H groups in total. The summed E-state index contributed by atoms with van der Waals surface area (Å²) in [5.41, 5.74) is 1.79. The van der Waals surface area contributed by atoms with Crippen LogP contribution in [0.1, 0.15) is 30.9 Å². The number of hydrogen-bond acceptors (Lipinski definition) is 5. The number of carbonyl (C=O) groups is 2. The second-order valence-corrected chi connectivity index (χ2v) is 12.3. The molecular formula is C30H35Cl2N3O5S. The van der Waals surface area contributed by atoms with E-state index in [0.29, 0.717) is 33.6 Å². The van der Waals surface area contributed by atoms with Crippen molar-refractivity contribution in [2.24, 2.45) is 0 Å². The summed E-state index contributed by atoms with van der Waals surface area (Å²) in [5, 5.41) is 3.61. The molecule has 3 rings (SSSR count). The van der Waals surface area contributed by atoms with Crippen molar-refractivity contribution in [3.8, 4) is 5.75 Å². The Labute approximate surface area is 252 Å². The molecule has 0 saturated heterocycles. The highest BCUT2D eigenvalue weighted by atomic mass is 35.5. The smallest absolute Gasteiger partial charge is 0.244 e. The number of nitrogens with zero attached hydrogens (tertiary/aromatic N) is 2. The Kier molecular flexibility index (Phi) is 11.9. The quantitative estimate of drug-likeness (QED) is 0.246. The van der Waals surface area contributed by atoms with Gasteiger partial charge in [0, 0.05) is 19.5 Å². The van der Waals surface area contributed by atoms with E-state index in [9.17, 15) is 18.0 Å². The van der Waals surface area contributed by atoms with E-state index in [0.717, 1.165) is 29.0 Å². The van der Waals surface area contributed by atoms with E-state index in [-0.39, 0.29) is 18.9 Å². The molecule has 0 aliphatic carbocycles. The average Bonchev–Trinajstić information content (AvgIpc) is 2.95. The van der Waals surface area contributed by atoms with E-state index < -0.39 is 28.5 Å². The second-order valence-electron chi connectivity index (χ2n) is 9.59. The third-order valence-corrected chi connectivity index (χ3v) is 8.36. The molecule has 1 atom stereocenters. The molecule has 220 valence electrons. The van der Waals surface area contributed by atoms with Crippen LogP contribution in [0.4, 0.5) is 5.69 Å². The molecule has 11 heteroatoms. The Balaban J connectivity index is 2.04. The molecule has 0 bridgehead atoms. The first-order valence-electron chi connectivity index (χ1n) is 13.2. The van der Waals surface area contributed by atoms with Gasteiger partial charge in [0.2, 0.25) is 21.8 Å². The second kappa shape index (κ2) is 15.1. The summed E-state index contributed by atoms with van der Waals surface area (Å²) < 4.78 is 31.9. The van der Waals surface area contributed by atoms with Crippen LogP contribution in [-0.4, -0.2) is 57.6 Å². The third-order valence-electron chi connectivity index (χ3n) is 6.48. The van der Waals surface area contributed by atoms with Gasteiger partial charge in [-0.2, -0.15) is 0 Å². The first kappa shape index (κ1) is 32.2. The molecule has 0 unspecified atom stereocenters. The highest BCUT2D eigenvalue weighted by molar-refractivity contribution is 7.92.